The summed E-state index contributed by atoms with van der Waals surface area (Å²) in [7, 11) is -4.83. The van der Waals surface area contributed by atoms with E-state index in [4.69, 9.17) is 4.74 Å². The summed E-state index contributed by atoms with van der Waals surface area (Å²) in [5, 5.41) is -0.706. The molecule has 130 valence electrons. The molecule has 0 spiro atoms. The summed E-state index contributed by atoms with van der Waals surface area (Å²) < 4.78 is 67.4. The number of ether oxygens (including phenoxy) is 1. The second-order valence-corrected chi connectivity index (χ2v) is 8.14. The molecule has 0 aromatic carbocycles. The summed E-state index contributed by atoms with van der Waals surface area (Å²) in [5.74, 6) is 0. The maximum absolute atomic E-state index is 12.7. The van der Waals surface area contributed by atoms with Gasteiger partial charge in [0.2, 0.25) is 0 Å². The number of halogens is 4. The summed E-state index contributed by atoms with van der Waals surface area (Å²) in [6.45, 7) is 2.19. The molecular formula is C12H14BrF3N2O4S. The highest BCUT2D eigenvalue weighted by molar-refractivity contribution is 9.10. The molecule has 1 aromatic heterocycles. The zero-order chi connectivity index (χ0) is 18.1. The third-order valence-corrected chi connectivity index (χ3v) is 4.27. The van der Waals surface area contributed by atoms with Crippen LogP contribution in [0.5, 0.6) is 0 Å². The van der Waals surface area contributed by atoms with Crippen LogP contribution in [0, 0.1) is 0 Å². The Morgan fingerprint density at radius 1 is 1.35 bits per heavy atom. The van der Waals surface area contributed by atoms with Crippen molar-refractivity contribution in [2.75, 3.05) is 6.54 Å². The van der Waals surface area contributed by atoms with Gasteiger partial charge >= 0.3 is 12.3 Å². The average Bonchev–Trinajstić information content (AvgIpc) is 2.32. The van der Waals surface area contributed by atoms with Gasteiger partial charge in [0.1, 0.15) is 12.1 Å². The fourth-order valence-corrected chi connectivity index (χ4v) is 3.09. The van der Waals surface area contributed by atoms with Crippen molar-refractivity contribution in [3.8, 4) is 0 Å². The normalized spacial score (nSPS) is 12.8. The quantitative estimate of drug-likeness (QED) is 0.752. The summed E-state index contributed by atoms with van der Waals surface area (Å²) in [6.07, 6.45) is -5.48. The Kier molecular flexibility index (Phi) is 5.68. The molecule has 0 saturated heterocycles. The molecule has 0 aliphatic rings. The van der Waals surface area contributed by atoms with Crippen LogP contribution in [0.3, 0.4) is 0 Å². The van der Waals surface area contributed by atoms with Crippen LogP contribution in [-0.4, -0.2) is 42.1 Å². The van der Waals surface area contributed by atoms with Gasteiger partial charge < -0.3 is 4.74 Å². The Balaban J connectivity index is 3.30. The average molecular weight is 419 g/mol. The van der Waals surface area contributed by atoms with Crippen LogP contribution in [0.15, 0.2) is 27.8 Å². The molecule has 23 heavy (non-hydrogen) atoms. The number of hydrogen-bond acceptors (Lipinski definition) is 5. The number of carbonyl (C=O) groups excluding carboxylic acids is 1. The van der Waals surface area contributed by atoms with Crippen LogP contribution in [0.2, 0.25) is 0 Å². The van der Waals surface area contributed by atoms with Gasteiger partial charge in [-0.1, -0.05) is 15.9 Å². The zero-order valence-electron chi connectivity index (χ0n) is 12.4. The number of sulfonamides is 1. The van der Waals surface area contributed by atoms with E-state index in [9.17, 15) is 26.4 Å². The lowest BCUT2D eigenvalue weighted by atomic mass is 10.2. The number of carbonyl (C=O) groups is 1. The highest BCUT2D eigenvalue weighted by atomic mass is 79.9. The van der Waals surface area contributed by atoms with Crippen molar-refractivity contribution in [3.63, 3.8) is 0 Å². The largest absolute Gasteiger partial charge is 0.443 e. The molecule has 1 amide bonds. The van der Waals surface area contributed by atoms with Crippen LogP contribution in [0.25, 0.3) is 0 Å². The Morgan fingerprint density at radius 3 is 2.35 bits per heavy atom. The Morgan fingerprint density at radius 2 is 1.91 bits per heavy atom. The summed E-state index contributed by atoms with van der Waals surface area (Å²) in [6, 6.07) is 2.38. The first-order valence-electron chi connectivity index (χ1n) is 6.16. The van der Waals surface area contributed by atoms with Gasteiger partial charge in [-0.2, -0.15) is 25.9 Å². The fourth-order valence-electron chi connectivity index (χ4n) is 1.36. The minimum absolute atomic E-state index is 0.280. The molecule has 1 aromatic rings. The molecular weight excluding hydrogens is 405 g/mol. The standard InChI is InChI=1S/C12H14BrF3N2O4S/c1-11(2,3)22-10(19)18(7-12(14,15)16)23(20,21)9-6-8(13)4-5-17-9/h4-6H,7H2,1-3H3. The van der Waals surface area contributed by atoms with E-state index in [1.807, 2.05) is 0 Å². The predicted octanol–water partition coefficient (Wildman–Crippen LogP) is 3.33. The van der Waals surface area contributed by atoms with Gasteiger partial charge in [-0.3, -0.25) is 0 Å². The minimum atomic E-state index is -4.93. The SMILES string of the molecule is CC(C)(C)OC(=O)N(CC(F)(F)F)S(=O)(=O)c1cc(Br)ccn1. The van der Waals surface area contributed by atoms with E-state index in [0.717, 1.165) is 12.3 Å². The van der Waals surface area contributed by atoms with E-state index in [1.165, 1.54) is 26.8 Å². The maximum atomic E-state index is 12.7. The summed E-state index contributed by atoms with van der Waals surface area (Å²) in [4.78, 5) is 15.4. The van der Waals surface area contributed by atoms with E-state index in [1.54, 1.807) is 0 Å². The molecule has 0 aliphatic carbocycles. The van der Waals surface area contributed by atoms with Crippen molar-refractivity contribution >= 4 is 32.0 Å². The molecule has 1 heterocycles. The van der Waals surface area contributed by atoms with Gasteiger partial charge in [-0.25, -0.2) is 9.78 Å². The molecule has 0 fully saturated rings. The highest BCUT2D eigenvalue weighted by Gasteiger charge is 2.42. The first-order chi connectivity index (χ1) is 10.2. The van der Waals surface area contributed by atoms with E-state index in [-0.39, 0.29) is 8.78 Å². The first kappa shape index (κ1) is 19.7. The van der Waals surface area contributed by atoms with E-state index >= 15 is 0 Å². The van der Waals surface area contributed by atoms with E-state index in [2.05, 4.69) is 20.9 Å². The second kappa shape index (κ2) is 6.63. The predicted molar refractivity (Wildman–Crippen MR) is 78.1 cm³/mol. The van der Waals surface area contributed by atoms with Crippen molar-refractivity contribution in [1.82, 2.24) is 9.29 Å². The molecule has 0 saturated carbocycles. The molecule has 11 heteroatoms. The number of rotatable bonds is 3. The van der Waals surface area contributed by atoms with Gasteiger partial charge in [0.25, 0.3) is 10.0 Å². The summed E-state index contributed by atoms with van der Waals surface area (Å²) >= 11 is 2.99. The number of aromatic nitrogens is 1. The number of hydrogen-bond donors (Lipinski definition) is 0. The van der Waals surface area contributed by atoms with Crippen molar-refractivity contribution in [1.29, 1.82) is 0 Å². The van der Waals surface area contributed by atoms with E-state index in [0.29, 0.717) is 0 Å². The Labute approximate surface area is 139 Å². The van der Waals surface area contributed by atoms with Crippen LogP contribution in [0.4, 0.5) is 18.0 Å². The second-order valence-electron chi connectivity index (χ2n) is 5.42. The minimum Gasteiger partial charge on any atom is -0.443 e. The topological polar surface area (TPSA) is 76.6 Å². The molecule has 0 N–H and O–H groups in total. The van der Waals surface area contributed by atoms with Crippen LogP contribution < -0.4 is 0 Å². The molecule has 0 aliphatic heterocycles. The maximum Gasteiger partial charge on any atom is 0.424 e. The van der Waals surface area contributed by atoms with Gasteiger partial charge in [-0.05, 0) is 32.9 Å². The fraction of sp³-hybridized carbons (Fsp3) is 0.500. The summed E-state index contributed by atoms with van der Waals surface area (Å²) in [5.41, 5.74) is -1.17. The van der Waals surface area contributed by atoms with Gasteiger partial charge in [-0.15, -0.1) is 0 Å². The van der Waals surface area contributed by atoms with Crippen molar-refractivity contribution < 1.29 is 31.1 Å². The molecule has 0 radical (unpaired) electrons. The number of nitrogens with zero attached hydrogens (tertiary/aromatic N) is 2. The van der Waals surface area contributed by atoms with Gasteiger partial charge in [0, 0.05) is 10.7 Å². The molecule has 1 rings (SSSR count). The lowest BCUT2D eigenvalue weighted by Gasteiger charge is -2.27. The lowest BCUT2D eigenvalue weighted by molar-refractivity contribution is -0.135. The van der Waals surface area contributed by atoms with Crippen molar-refractivity contribution in [3.05, 3.63) is 22.8 Å². The van der Waals surface area contributed by atoms with Gasteiger partial charge in [0.05, 0.1) is 0 Å². The van der Waals surface area contributed by atoms with Gasteiger partial charge in [0.15, 0.2) is 5.03 Å². The number of amides is 1. The monoisotopic (exact) mass is 418 g/mol. The molecule has 6 nitrogen and oxygen atoms in total. The van der Waals surface area contributed by atoms with E-state index < -0.39 is 39.5 Å². The zero-order valence-corrected chi connectivity index (χ0v) is 14.8. The Hall–Kier alpha value is -1.36. The molecule has 0 unspecified atom stereocenters. The smallest absolute Gasteiger partial charge is 0.424 e. The third kappa shape index (κ3) is 5.98. The number of pyridine rings is 1. The van der Waals surface area contributed by atoms with Crippen molar-refractivity contribution in [2.24, 2.45) is 0 Å². The first-order valence-corrected chi connectivity index (χ1v) is 8.40. The van der Waals surface area contributed by atoms with Crippen molar-refractivity contribution in [2.45, 2.75) is 37.6 Å². The van der Waals surface area contributed by atoms with Crippen LogP contribution >= 0.6 is 15.9 Å². The lowest BCUT2D eigenvalue weighted by Crippen LogP contribution is -2.45. The molecule has 0 bridgehead atoms. The van der Waals surface area contributed by atoms with Crippen LogP contribution in [-0.2, 0) is 14.8 Å². The Bertz CT molecular complexity index is 686. The third-order valence-electron chi connectivity index (χ3n) is 2.17. The van der Waals surface area contributed by atoms with Crippen LogP contribution in [0.1, 0.15) is 20.8 Å². The molecule has 0 atom stereocenters. The number of alkyl halides is 3. The highest BCUT2D eigenvalue weighted by Crippen LogP contribution is 2.25.